The topological polar surface area (TPSA) is 59.4 Å². The minimum Gasteiger partial charge on any atom is -0.354 e. The van der Waals surface area contributed by atoms with Crippen molar-refractivity contribution in [2.24, 2.45) is 0 Å². The third-order valence-corrected chi connectivity index (χ3v) is 3.88. The Hall–Kier alpha value is -1.90. The van der Waals surface area contributed by atoms with E-state index >= 15 is 0 Å². The van der Waals surface area contributed by atoms with Crippen molar-refractivity contribution in [3.63, 3.8) is 0 Å². The maximum Gasteiger partial charge on any atom is 0.234 e. The van der Waals surface area contributed by atoms with E-state index in [0.717, 1.165) is 32.7 Å². The van der Waals surface area contributed by atoms with Gasteiger partial charge < -0.3 is 5.32 Å². The molecule has 1 aromatic rings. The average molecular weight is 300 g/mol. The van der Waals surface area contributed by atoms with Crippen LogP contribution in [0.1, 0.15) is 17.5 Å². The van der Waals surface area contributed by atoms with Crippen LogP contribution in [0.2, 0.25) is 0 Å². The van der Waals surface area contributed by atoms with Crippen molar-refractivity contribution >= 4 is 5.91 Å². The third kappa shape index (κ3) is 5.47. The van der Waals surface area contributed by atoms with Crippen LogP contribution >= 0.6 is 0 Å². The summed E-state index contributed by atoms with van der Waals surface area (Å²) in [5.41, 5.74) is 2.65. The van der Waals surface area contributed by atoms with Gasteiger partial charge in [-0.2, -0.15) is 5.26 Å². The van der Waals surface area contributed by atoms with Gasteiger partial charge in [0.25, 0.3) is 0 Å². The number of hydrogen-bond donors (Lipinski definition) is 1. The van der Waals surface area contributed by atoms with Gasteiger partial charge >= 0.3 is 0 Å². The predicted molar refractivity (Wildman–Crippen MR) is 86.1 cm³/mol. The first-order valence-electron chi connectivity index (χ1n) is 7.81. The first kappa shape index (κ1) is 16.5. The van der Waals surface area contributed by atoms with Gasteiger partial charge in [0.1, 0.15) is 0 Å². The molecule has 1 aromatic carbocycles. The van der Waals surface area contributed by atoms with E-state index < -0.39 is 0 Å². The van der Waals surface area contributed by atoms with Gasteiger partial charge in [-0.15, -0.1) is 0 Å². The van der Waals surface area contributed by atoms with Crippen LogP contribution in [0.3, 0.4) is 0 Å². The van der Waals surface area contributed by atoms with E-state index in [-0.39, 0.29) is 5.91 Å². The zero-order valence-corrected chi connectivity index (χ0v) is 13.2. The van der Waals surface area contributed by atoms with Gasteiger partial charge in [-0.3, -0.25) is 14.6 Å². The zero-order chi connectivity index (χ0) is 15.8. The van der Waals surface area contributed by atoms with Crippen LogP contribution in [0, 0.1) is 18.3 Å². The van der Waals surface area contributed by atoms with Gasteiger partial charge in [-0.05, 0) is 12.5 Å². The molecule has 1 saturated heterocycles. The third-order valence-electron chi connectivity index (χ3n) is 3.88. The number of hydrogen-bond acceptors (Lipinski definition) is 4. The quantitative estimate of drug-likeness (QED) is 0.801. The smallest absolute Gasteiger partial charge is 0.234 e. The Kier molecular flexibility index (Phi) is 6.38. The first-order valence-corrected chi connectivity index (χ1v) is 7.81. The zero-order valence-electron chi connectivity index (χ0n) is 13.2. The Morgan fingerprint density at radius 2 is 2.00 bits per heavy atom. The Balaban J connectivity index is 1.69. The molecule has 1 amide bonds. The molecule has 118 valence electrons. The highest BCUT2D eigenvalue weighted by atomic mass is 16.2. The fourth-order valence-electron chi connectivity index (χ4n) is 2.69. The summed E-state index contributed by atoms with van der Waals surface area (Å²) in [7, 11) is 0. The molecule has 22 heavy (non-hydrogen) atoms. The van der Waals surface area contributed by atoms with Gasteiger partial charge in [0.15, 0.2) is 0 Å². The molecule has 1 N–H and O–H groups in total. The summed E-state index contributed by atoms with van der Waals surface area (Å²) < 4.78 is 0. The molecule has 0 unspecified atom stereocenters. The number of nitrogens with zero attached hydrogens (tertiary/aromatic N) is 3. The summed E-state index contributed by atoms with van der Waals surface area (Å²) >= 11 is 0. The highest BCUT2D eigenvalue weighted by molar-refractivity contribution is 5.78. The van der Waals surface area contributed by atoms with E-state index in [1.54, 1.807) is 0 Å². The second-order valence-corrected chi connectivity index (χ2v) is 5.80. The Labute approximate surface area is 132 Å². The van der Waals surface area contributed by atoms with E-state index in [9.17, 15) is 4.79 Å². The Bertz CT molecular complexity index is 530. The summed E-state index contributed by atoms with van der Waals surface area (Å²) in [4.78, 5) is 16.3. The minimum atomic E-state index is 0.0161. The fraction of sp³-hybridized carbons (Fsp3) is 0.529. The standard InChI is InChI=1S/C17H24N4O/c1-15-4-2-5-16(12-15)13-20-8-10-21(11-9-20)14-17(22)19-7-3-6-18/h2,4-5,12H,3,7-11,13-14H2,1H3,(H,19,22). The molecule has 1 heterocycles. The lowest BCUT2D eigenvalue weighted by molar-refractivity contribution is -0.122. The molecule has 1 fully saturated rings. The summed E-state index contributed by atoms with van der Waals surface area (Å²) in [6.07, 6.45) is 0.371. The maximum atomic E-state index is 11.7. The largest absolute Gasteiger partial charge is 0.354 e. The number of piperazine rings is 1. The molecule has 0 saturated carbocycles. The lowest BCUT2D eigenvalue weighted by atomic mass is 10.1. The molecule has 0 atom stereocenters. The molecule has 0 aliphatic carbocycles. The fourth-order valence-corrected chi connectivity index (χ4v) is 2.69. The van der Waals surface area contributed by atoms with Gasteiger partial charge in [0, 0.05) is 39.3 Å². The van der Waals surface area contributed by atoms with Crippen LogP contribution in [0.5, 0.6) is 0 Å². The lowest BCUT2D eigenvalue weighted by Gasteiger charge is -2.34. The van der Waals surface area contributed by atoms with Crippen molar-refractivity contribution in [2.45, 2.75) is 19.9 Å². The van der Waals surface area contributed by atoms with Crippen LogP contribution in [0.25, 0.3) is 0 Å². The van der Waals surface area contributed by atoms with Gasteiger partial charge in [0.05, 0.1) is 19.0 Å². The van der Waals surface area contributed by atoms with Crippen molar-refractivity contribution in [1.29, 1.82) is 5.26 Å². The van der Waals surface area contributed by atoms with Gasteiger partial charge in [-0.25, -0.2) is 0 Å². The molecule has 0 aromatic heterocycles. The van der Waals surface area contributed by atoms with Crippen LogP contribution in [-0.4, -0.2) is 55.0 Å². The van der Waals surface area contributed by atoms with E-state index in [4.69, 9.17) is 5.26 Å². The van der Waals surface area contributed by atoms with Crippen LogP contribution in [0.15, 0.2) is 24.3 Å². The van der Waals surface area contributed by atoms with Crippen LogP contribution in [0.4, 0.5) is 0 Å². The van der Waals surface area contributed by atoms with Gasteiger partial charge in [0.2, 0.25) is 5.91 Å². The lowest BCUT2D eigenvalue weighted by Crippen LogP contribution is -2.49. The second-order valence-electron chi connectivity index (χ2n) is 5.80. The highest BCUT2D eigenvalue weighted by Crippen LogP contribution is 2.10. The van der Waals surface area contributed by atoms with E-state index in [1.807, 2.05) is 6.07 Å². The monoisotopic (exact) mass is 300 g/mol. The molecule has 5 nitrogen and oxygen atoms in total. The first-order chi connectivity index (χ1) is 10.7. The normalized spacial score (nSPS) is 16.2. The SMILES string of the molecule is Cc1cccc(CN2CCN(CC(=O)NCCC#N)CC2)c1. The Morgan fingerprint density at radius 1 is 1.27 bits per heavy atom. The molecule has 1 aliphatic rings. The van der Waals surface area contributed by atoms with Crippen molar-refractivity contribution in [1.82, 2.24) is 15.1 Å². The van der Waals surface area contributed by atoms with E-state index in [2.05, 4.69) is 46.3 Å². The number of carbonyl (C=O) groups excluding carboxylic acids is 1. The molecule has 2 rings (SSSR count). The average Bonchev–Trinajstić information content (AvgIpc) is 2.50. The summed E-state index contributed by atoms with van der Waals surface area (Å²) in [5.74, 6) is 0.0161. The summed E-state index contributed by atoms with van der Waals surface area (Å²) in [5, 5.41) is 11.2. The highest BCUT2D eigenvalue weighted by Gasteiger charge is 2.18. The number of amides is 1. The number of aryl methyl sites for hydroxylation is 1. The van der Waals surface area contributed by atoms with Crippen molar-refractivity contribution in [2.75, 3.05) is 39.3 Å². The predicted octanol–water partition coefficient (Wildman–Crippen LogP) is 1.14. The summed E-state index contributed by atoms with van der Waals surface area (Å²) in [6.45, 7) is 7.77. The number of benzene rings is 1. The van der Waals surface area contributed by atoms with Crippen molar-refractivity contribution in [3.05, 3.63) is 35.4 Å². The molecular weight excluding hydrogens is 276 g/mol. The van der Waals surface area contributed by atoms with Gasteiger partial charge in [-0.1, -0.05) is 29.8 Å². The number of nitriles is 1. The summed E-state index contributed by atoms with van der Waals surface area (Å²) in [6, 6.07) is 10.6. The molecule has 0 spiro atoms. The molecule has 0 bridgehead atoms. The number of carbonyl (C=O) groups is 1. The van der Waals surface area contributed by atoms with E-state index in [1.165, 1.54) is 11.1 Å². The second kappa shape index (κ2) is 8.52. The van der Waals surface area contributed by atoms with Crippen LogP contribution < -0.4 is 5.32 Å². The minimum absolute atomic E-state index is 0.0161. The van der Waals surface area contributed by atoms with Crippen molar-refractivity contribution < 1.29 is 4.79 Å². The molecule has 5 heteroatoms. The molecule has 1 aliphatic heterocycles. The maximum absolute atomic E-state index is 11.7. The Morgan fingerprint density at radius 3 is 2.68 bits per heavy atom. The van der Waals surface area contributed by atoms with E-state index in [0.29, 0.717) is 19.5 Å². The number of rotatable bonds is 6. The van der Waals surface area contributed by atoms with Crippen LogP contribution in [-0.2, 0) is 11.3 Å². The van der Waals surface area contributed by atoms with Crippen molar-refractivity contribution in [3.8, 4) is 6.07 Å². The molecule has 0 radical (unpaired) electrons. The molecular formula is C17H24N4O. The number of nitrogens with one attached hydrogen (secondary N) is 1.